The van der Waals surface area contributed by atoms with Gasteiger partial charge in [0.05, 0.1) is 17.3 Å². The van der Waals surface area contributed by atoms with Crippen LogP contribution >= 0.6 is 11.8 Å². The number of hydrogen-bond donors (Lipinski definition) is 1. The summed E-state index contributed by atoms with van der Waals surface area (Å²) in [5.41, 5.74) is 1.84. The number of amides is 1. The molecule has 1 N–H and O–H groups in total. The number of anilines is 1. The monoisotopic (exact) mass is 407 g/mol. The molecular formula is C19H25N3O3S2. The molecule has 0 saturated carbocycles. The van der Waals surface area contributed by atoms with Gasteiger partial charge in [0.15, 0.2) is 9.84 Å². The highest BCUT2D eigenvalue weighted by Crippen LogP contribution is 2.24. The quantitative estimate of drug-likeness (QED) is 0.763. The lowest BCUT2D eigenvalue weighted by Gasteiger charge is -2.12. The number of aromatic nitrogens is 2. The topological polar surface area (TPSA) is 81.1 Å². The van der Waals surface area contributed by atoms with Gasteiger partial charge in [0.1, 0.15) is 5.82 Å². The second kappa shape index (κ2) is 8.48. The summed E-state index contributed by atoms with van der Waals surface area (Å²) in [7, 11) is -2.90. The van der Waals surface area contributed by atoms with E-state index in [0.29, 0.717) is 18.9 Å². The van der Waals surface area contributed by atoms with Crippen molar-refractivity contribution in [3.05, 3.63) is 48.0 Å². The van der Waals surface area contributed by atoms with Crippen LogP contribution in [0.15, 0.2) is 36.7 Å². The Labute approximate surface area is 164 Å². The van der Waals surface area contributed by atoms with Crippen LogP contribution in [-0.4, -0.2) is 46.4 Å². The van der Waals surface area contributed by atoms with Gasteiger partial charge in [-0.15, -0.1) is 11.8 Å². The Hall–Kier alpha value is -1.80. The number of benzene rings is 1. The zero-order valence-corrected chi connectivity index (χ0v) is 17.2. The van der Waals surface area contributed by atoms with E-state index in [1.807, 2.05) is 30.5 Å². The molecule has 0 aliphatic carbocycles. The van der Waals surface area contributed by atoms with E-state index in [4.69, 9.17) is 0 Å². The third kappa shape index (κ3) is 5.59. The highest BCUT2D eigenvalue weighted by molar-refractivity contribution is 8.02. The standard InChI is InChI=1S/C19H25N3O3S2/c1-14(2)19-20-7-8-22(19)11-15-4-3-5-16(10-15)21-18(23)12-26-17-6-9-27(24,25)13-17/h3-5,7-8,10,14,17H,6,9,11-13H2,1-2H3,(H,21,23). The van der Waals surface area contributed by atoms with Crippen molar-refractivity contribution < 1.29 is 13.2 Å². The number of rotatable bonds is 7. The molecule has 1 aromatic carbocycles. The van der Waals surface area contributed by atoms with E-state index < -0.39 is 9.84 Å². The van der Waals surface area contributed by atoms with Crippen molar-refractivity contribution in [2.24, 2.45) is 0 Å². The molecule has 146 valence electrons. The van der Waals surface area contributed by atoms with Gasteiger partial charge >= 0.3 is 0 Å². The predicted octanol–water partition coefficient (Wildman–Crippen LogP) is 2.91. The Morgan fingerprint density at radius 3 is 2.93 bits per heavy atom. The molecule has 1 unspecified atom stereocenters. The maximum Gasteiger partial charge on any atom is 0.234 e. The fourth-order valence-electron chi connectivity index (χ4n) is 3.18. The molecule has 2 heterocycles. The van der Waals surface area contributed by atoms with Crippen LogP contribution in [0.25, 0.3) is 0 Å². The SMILES string of the molecule is CC(C)c1nccn1Cc1cccc(NC(=O)CSC2CCS(=O)(=O)C2)c1. The molecule has 1 atom stereocenters. The number of carbonyl (C=O) groups excluding carboxylic acids is 1. The highest BCUT2D eigenvalue weighted by atomic mass is 32.2. The summed E-state index contributed by atoms with van der Waals surface area (Å²) in [4.78, 5) is 16.6. The smallest absolute Gasteiger partial charge is 0.234 e. The molecule has 2 aromatic rings. The molecule has 1 aliphatic heterocycles. The van der Waals surface area contributed by atoms with E-state index in [9.17, 15) is 13.2 Å². The minimum atomic E-state index is -2.90. The lowest BCUT2D eigenvalue weighted by Crippen LogP contribution is -2.17. The molecule has 0 spiro atoms. The van der Waals surface area contributed by atoms with Crippen molar-refractivity contribution in [2.45, 2.75) is 38.0 Å². The molecule has 8 heteroatoms. The van der Waals surface area contributed by atoms with Crippen LogP contribution in [0.5, 0.6) is 0 Å². The van der Waals surface area contributed by atoms with Crippen LogP contribution in [0.3, 0.4) is 0 Å². The Bertz CT molecular complexity index is 906. The Balaban J connectivity index is 1.55. The third-order valence-corrected chi connectivity index (χ3v) is 7.75. The fourth-order valence-corrected chi connectivity index (χ4v) is 6.63. The number of carbonyl (C=O) groups is 1. The van der Waals surface area contributed by atoms with Gasteiger partial charge in [-0.2, -0.15) is 0 Å². The first kappa shape index (κ1) is 19.9. The number of thioether (sulfide) groups is 1. The average molecular weight is 408 g/mol. The fraction of sp³-hybridized carbons (Fsp3) is 0.474. The molecule has 6 nitrogen and oxygen atoms in total. The normalized spacial score (nSPS) is 18.7. The van der Waals surface area contributed by atoms with Gasteiger partial charge < -0.3 is 9.88 Å². The summed E-state index contributed by atoms with van der Waals surface area (Å²) in [6.45, 7) is 4.93. The summed E-state index contributed by atoms with van der Waals surface area (Å²) in [5, 5.41) is 2.94. The van der Waals surface area contributed by atoms with E-state index in [1.165, 1.54) is 11.8 Å². The largest absolute Gasteiger partial charge is 0.330 e. The minimum Gasteiger partial charge on any atom is -0.330 e. The van der Waals surface area contributed by atoms with Crippen LogP contribution < -0.4 is 5.32 Å². The van der Waals surface area contributed by atoms with Crippen LogP contribution in [-0.2, 0) is 21.2 Å². The van der Waals surface area contributed by atoms with Crippen molar-refractivity contribution in [1.29, 1.82) is 0 Å². The Morgan fingerprint density at radius 2 is 2.22 bits per heavy atom. The average Bonchev–Trinajstić information content (AvgIpc) is 3.19. The van der Waals surface area contributed by atoms with Crippen molar-refractivity contribution in [2.75, 3.05) is 22.6 Å². The van der Waals surface area contributed by atoms with E-state index in [2.05, 4.69) is 28.7 Å². The summed E-state index contributed by atoms with van der Waals surface area (Å²) < 4.78 is 25.1. The van der Waals surface area contributed by atoms with Gasteiger partial charge in [0, 0.05) is 35.8 Å². The Kier molecular flexibility index (Phi) is 6.26. The van der Waals surface area contributed by atoms with Crippen molar-refractivity contribution >= 4 is 33.2 Å². The lowest BCUT2D eigenvalue weighted by atomic mass is 10.1. The van der Waals surface area contributed by atoms with E-state index in [-0.39, 0.29) is 28.4 Å². The highest BCUT2D eigenvalue weighted by Gasteiger charge is 2.28. The van der Waals surface area contributed by atoms with Crippen LogP contribution in [0.2, 0.25) is 0 Å². The summed E-state index contributed by atoms with van der Waals surface area (Å²) >= 11 is 1.42. The van der Waals surface area contributed by atoms with Gasteiger partial charge in [-0.25, -0.2) is 13.4 Å². The first-order valence-electron chi connectivity index (χ1n) is 9.04. The molecule has 1 saturated heterocycles. The third-order valence-electron chi connectivity index (χ3n) is 4.47. The molecule has 1 aliphatic rings. The first-order chi connectivity index (χ1) is 12.8. The summed E-state index contributed by atoms with van der Waals surface area (Å²) in [6, 6.07) is 7.78. The van der Waals surface area contributed by atoms with Crippen molar-refractivity contribution in [3.63, 3.8) is 0 Å². The van der Waals surface area contributed by atoms with Crippen LogP contribution in [0, 0.1) is 0 Å². The van der Waals surface area contributed by atoms with Gasteiger partial charge in [0.2, 0.25) is 5.91 Å². The Morgan fingerprint density at radius 1 is 1.41 bits per heavy atom. The van der Waals surface area contributed by atoms with Crippen molar-refractivity contribution in [3.8, 4) is 0 Å². The number of imidazole rings is 1. The molecule has 1 aromatic heterocycles. The second-order valence-electron chi connectivity index (χ2n) is 7.15. The van der Waals surface area contributed by atoms with Crippen molar-refractivity contribution in [1.82, 2.24) is 9.55 Å². The number of sulfone groups is 1. The van der Waals surface area contributed by atoms with Gasteiger partial charge in [-0.3, -0.25) is 4.79 Å². The molecular weight excluding hydrogens is 382 g/mol. The molecule has 27 heavy (non-hydrogen) atoms. The second-order valence-corrected chi connectivity index (χ2v) is 10.7. The van der Waals surface area contributed by atoms with Gasteiger partial charge in [-0.05, 0) is 24.1 Å². The first-order valence-corrected chi connectivity index (χ1v) is 11.9. The molecule has 0 radical (unpaired) electrons. The minimum absolute atomic E-state index is 0.0304. The van der Waals surface area contributed by atoms with E-state index >= 15 is 0 Å². The number of nitrogens with one attached hydrogen (secondary N) is 1. The maximum absolute atomic E-state index is 12.2. The van der Waals surface area contributed by atoms with Crippen LogP contribution in [0.4, 0.5) is 5.69 Å². The lowest BCUT2D eigenvalue weighted by molar-refractivity contribution is -0.113. The predicted molar refractivity (Wildman–Crippen MR) is 110 cm³/mol. The summed E-state index contributed by atoms with van der Waals surface area (Å²) in [5.74, 6) is 1.96. The van der Waals surface area contributed by atoms with Gasteiger partial charge in [-0.1, -0.05) is 26.0 Å². The molecule has 0 bridgehead atoms. The van der Waals surface area contributed by atoms with Gasteiger partial charge in [0.25, 0.3) is 0 Å². The molecule has 1 amide bonds. The van der Waals surface area contributed by atoms with E-state index in [1.54, 1.807) is 6.20 Å². The molecule has 1 fully saturated rings. The van der Waals surface area contributed by atoms with E-state index in [0.717, 1.165) is 17.1 Å². The zero-order valence-electron chi connectivity index (χ0n) is 15.6. The van der Waals surface area contributed by atoms with Crippen LogP contribution in [0.1, 0.15) is 37.6 Å². The zero-order chi connectivity index (χ0) is 19.4. The summed E-state index contributed by atoms with van der Waals surface area (Å²) in [6.07, 6.45) is 4.41. The molecule has 3 rings (SSSR count). The number of nitrogens with zero attached hydrogens (tertiary/aromatic N) is 2. The number of hydrogen-bond acceptors (Lipinski definition) is 5. The maximum atomic E-state index is 12.2.